The number of carbonyl (C=O) groups excluding carboxylic acids is 1. The molecule has 0 aliphatic heterocycles. The second-order valence-corrected chi connectivity index (χ2v) is 4.86. The number of rotatable bonds is 3. The quantitative estimate of drug-likeness (QED) is 0.850. The highest BCUT2D eigenvalue weighted by Crippen LogP contribution is 2.35. The van der Waals surface area contributed by atoms with Gasteiger partial charge in [0.15, 0.2) is 5.75 Å². The van der Waals surface area contributed by atoms with Gasteiger partial charge in [-0.1, -0.05) is 11.6 Å². The largest absolute Gasteiger partial charge is 0.505 e. The van der Waals surface area contributed by atoms with Crippen molar-refractivity contribution in [2.24, 2.45) is 0 Å². The number of anilines is 1. The van der Waals surface area contributed by atoms with E-state index in [9.17, 15) is 9.90 Å². The van der Waals surface area contributed by atoms with Crippen LogP contribution in [0.15, 0.2) is 35.3 Å². The third-order valence-electron chi connectivity index (χ3n) is 2.19. The highest BCUT2D eigenvalue weighted by atomic mass is 79.9. The number of phenolic OH excluding ortho intramolecular Hbond substituents is 1. The number of hydrogen-bond donors (Lipinski definition) is 2. The molecule has 0 aliphatic rings. The van der Waals surface area contributed by atoms with E-state index >= 15 is 0 Å². The van der Waals surface area contributed by atoms with E-state index in [1.165, 1.54) is 12.4 Å². The van der Waals surface area contributed by atoms with Crippen LogP contribution < -0.4 is 5.32 Å². The Labute approximate surface area is 117 Å². The molecule has 2 N–H and O–H groups in total. The molecule has 0 fully saturated rings. The van der Waals surface area contributed by atoms with Crippen LogP contribution in [0.2, 0.25) is 5.02 Å². The van der Waals surface area contributed by atoms with Crippen molar-refractivity contribution in [2.75, 3.05) is 5.32 Å². The van der Waals surface area contributed by atoms with Crippen LogP contribution >= 0.6 is 27.5 Å². The molecule has 0 saturated heterocycles. The number of aromatic nitrogens is 2. The number of nitrogens with zero attached hydrogens (tertiary/aromatic N) is 2. The smallest absolute Gasteiger partial charge is 0.244 e. The molecule has 0 unspecified atom stereocenters. The van der Waals surface area contributed by atoms with Gasteiger partial charge in [-0.05, 0) is 28.1 Å². The topological polar surface area (TPSA) is 67.2 Å². The number of phenols is 1. The Hall–Kier alpha value is -1.53. The van der Waals surface area contributed by atoms with E-state index in [2.05, 4.69) is 26.2 Å². The summed E-state index contributed by atoms with van der Waals surface area (Å²) in [5, 5.41) is 12.8. The molecule has 1 heterocycles. The summed E-state index contributed by atoms with van der Waals surface area (Å²) in [4.78, 5) is 15.6. The summed E-state index contributed by atoms with van der Waals surface area (Å²) >= 11 is 8.99. The Morgan fingerprint density at radius 3 is 3.00 bits per heavy atom. The number of hydrogen-bond acceptors (Lipinski definition) is 3. The zero-order valence-corrected chi connectivity index (χ0v) is 11.4. The standard InChI is InChI=1S/C11H9BrClN3O2/c12-8-3-7(13)4-9(11(8)18)15-10(17)5-16-2-1-14-6-16/h1-4,6,18H,5H2,(H,15,17). The SMILES string of the molecule is O=C(Cn1ccnc1)Nc1cc(Cl)cc(Br)c1O. The molecule has 2 rings (SSSR count). The Kier molecular flexibility index (Phi) is 3.88. The second-order valence-electron chi connectivity index (χ2n) is 3.57. The number of nitrogens with one attached hydrogen (secondary N) is 1. The van der Waals surface area contributed by atoms with Crippen LogP contribution in [-0.2, 0) is 11.3 Å². The number of halogens is 2. The van der Waals surface area contributed by atoms with Crippen molar-refractivity contribution in [1.82, 2.24) is 9.55 Å². The van der Waals surface area contributed by atoms with Crippen molar-refractivity contribution in [3.63, 3.8) is 0 Å². The summed E-state index contributed by atoms with van der Waals surface area (Å²) in [5.74, 6) is -0.337. The molecule has 1 aromatic heterocycles. The summed E-state index contributed by atoms with van der Waals surface area (Å²) in [6.45, 7) is 0.115. The van der Waals surface area contributed by atoms with Crippen LogP contribution in [0.1, 0.15) is 0 Å². The van der Waals surface area contributed by atoms with Crippen molar-refractivity contribution in [3.05, 3.63) is 40.3 Å². The van der Waals surface area contributed by atoms with Gasteiger partial charge in [0, 0.05) is 17.4 Å². The molecule has 5 nitrogen and oxygen atoms in total. The fourth-order valence-corrected chi connectivity index (χ4v) is 2.21. The van der Waals surface area contributed by atoms with Crippen molar-refractivity contribution in [3.8, 4) is 5.75 Å². The summed E-state index contributed by atoms with van der Waals surface area (Å²) in [5.41, 5.74) is 0.263. The molecular weight excluding hydrogens is 321 g/mol. The lowest BCUT2D eigenvalue weighted by Gasteiger charge is -2.09. The minimum atomic E-state index is -0.280. The third-order valence-corrected chi connectivity index (χ3v) is 3.01. The zero-order chi connectivity index (χ0) is 13.1. The summed E-state index contributed by atoms with van der Waals surface area (Å²) in [6, 6.07) is 3.02. The first kappa shape index (κ1) is 12.9. The second kappa shape index (κ2) is 5.41. The average Bonchev–Trinajstić information content (AvgIpc) is 2.77. The van der Waals surface area contributed by atoms with E-state index in [-0.39, 0.29) is 23.9 Å². The van der Waals surface area contributed by atoms with Gasteiger partial charge in [0.2, 0.25) is 5.91 Å². The normalized spacial score (nSPS) is 10.3. The van der Waals surface area contributed by atoms with Gasteiger partial charge >= 0.3 is 0 Å². The molecule has 0 aliphatic carbocycles. The van der Waals surface area contributed by atoms with Gasteiger partial charge in [-0.25, -0.2) is 4.98 Å². The van der Waals surface area contributed by atoms with Crippen LogP contribution in [0.4, 0.5) is 5.69 Å². The highest BCUT2D eigenvalue weighted by molar-refractivity contribution is 9.10. The predicted molar refractivity (Wildman–Crippen MR) is 71.7 cm³/mol. The van der Waals surface area contributed by atoms with Crippen LogP contribution in [-0.4, -0.2) is 20.6 Å². The lowest BCUT2D eigenvalue weighted by atomic mass is 10.3. The van der Waals surface area contributed by atoms with E-state index in [4.69, 9.17) is 11.6 Å². The number of carbonyl (C=O) groups is 1. The summed E-state index contributed by atoms with van der Waals surface area (Å²) in [7, 11) is 0. The Morgan fingerprint density at radius 1 is 1.56 bits per heavy atom. The molecule has 0 radical (unpaired) electrons. The third kappa shape index (κ3) is 3.02. The van der Waals surface area contributed by atoms with Crippen molar-refractivity contribution >= 4 is 39.1 Å². The lowest BCUT2D eigenvalue weighted by Crippen LogP contribution is -2.18. The van der Waals surface area contributed by atoms with Gasteiger partial charge in [0.1, 0.15) is 6.54 Å². The van der Waals surface area contributed by atoms with Gasteiger partial charge < -0.3 is 15.0 Å². The fraction of sp³-hybridized carbons (Fsp3) is 0.0909. The molecule has 2 aromatic rings. The maximum Gasteiger partial charge on any atom is 0.244 e. The van der Waals surface area contributed by atoms with Gasteiger partial charge in [-0.15, -0.1) is 0 Å². The zero-order valence-electron chi connectivity index (χ0n) is 9.10. The van der Waals surface area contributed by atoms with Crippen LogP contribution in [0.25, 0.3) is 0 Å². The first-order valence-corrected chi connectivity index (χ1v) is 6.17. The number of benzene rings is 1. The molecule has 18 heavy (non-hydrogen) atoms. The van der Waals surface area contributed by atoms with Gasteiger partial charge in [0.05, 0.1) is 16.5 Å². The Balaban J connectivity index is 2.12. The van der Waals surface area contributed by atoms with E-state index in [1.54, 1.807) is 23.0 Å². The monoisotopic (exact) mass is 329 g/mol. The minimum Gasteiger partial charge on any atom is -0.505 e. The molecule has 7 heteroatoms. The number of aromatic hydroxyl groups is 1. The van der Waals surface area contributed by atoms with E-state index < -0.39 is 0 Å². The van der Waals surface area contributed by atoms with E-state index in [0.29, 0.717) is 9.50 Å². The summed E-state index contributed by atoms with van der Waals surface area (Å²) < 4.78 is 2.04. The molecule has 94 valence electrons. The minimum absolute atomic E-state index is 0.0571. The molecule has 0 atom stereocenters. The first-order chi connectivity index (χ1) is 8.56. The maximum atomic E-state index is 11.7. The molecule has 1 amide bonds. The van der Waals surface area contributed by atoms with Crippen molar-refractivity contribution in [1.29, 1.82) is 0 Å². The van der Waals surface area contributed by atoms with E-state index in [0.717, 1.165) is 0 Å². The number of imidazole rings is 1. The van der Waals surface area contributed by atoms with Crippen LogP contribution in [0.3, 0.4) is 0 Å². The molecule has 1 aromatic carbocycles. The maximum absolute atomic E-state index is 11.7. The Bertz CT molecular complexity index is 572. The number of amides is 1. The van der Waals surface area contributed by atoms with Crippen molar-refractivity contribution in [2.45, 2.75) is 6.54 Å². The molecule has 0 bridgehead atoms. The van der Waals surface area contributed by atoms with Crippen LogP contribution in [0.5, 0.6) is 5.75 Å². The predicted octanol–water partition coefficient (Wildman–Crippen LogP) is 2.64. The van der Waals surface area contributed by atoms with Crippen molar-refractivity contribution < 1.29 is 9.90 Å². The summed E-state index contributed by atoms with van der Waals surface area (Å²) in [6.07, 6.45) is 4.79. The van der Waals surface area contributed by atoms with Crippen LogP contribution in [0, 0.1) is 0 Å². The van der Waals surface area contributed by atoms with Gasteiger partial charge in [0.25, 0.3) is 0 Å². The van der Waals surface area contributed by atoms with E-state index in [1.807, 2.05) is 0 Å². The highest BCUT2D eigenvalue weighted by Gasteiger charge is 2.10. The first-order valence-electron chi connectivity index (χ1n) is 5.00. The average molecular weight is 331 g/mol. The van der Waals surface area contributed by atoms with Gasteiger partial charge in [-0.3, -0.25) is 4.79 Å². The Morgan fingerprint density at radius 2 is 2.33 bits per heavy atom. The molecule has 0 spiro atoms. The lowest BCUT2D eigenvalue weighted by molar-refractivity contribution is -0.116. The molecular formula is C11H9BrClN3O2. The molecule has 0 saturated carbocycles. The van der Waals surface area contributed by atoms with Gasteiger partial charge in [-0.2, -0.15) is 0 Å². The fourth-order valence-electron chi connectivity index (χ4n) is 1.40.